The van der Waals surface area contributed by atoms with Crippen LogP contribution in [-0.4, -0.2) is 78.3 Å². The molecule has 3 heterocycles. The number of nitrogens with one attached hydrogen (secondary N) is 1. The monoisotopic (exact) mass is 655 g/mol. The molecule has 3 fully saturated rings. The van der Waals surface area contributed by atoms with E-state index in [1.54, 1.807) is 18.2 Å². The van der Waals surface area contributed by atoms with Crippen molar-refractivity contribution in [3.8, 4) is 0 Å². The van der Waals surface area contributed by atoms with Gasteiger partial charge in [0, 0.05) is 36.1 Å². The number of para-hydroxylation sites is 1. The number of hydrogen-bond acceptors (Lipinski definition) is 6. The topological polar surface area (TPSA) is 84.3 Å². The number of benzene rings is 2. The van der Waals surface area contributed by atoms with E-state index in [1.165, 1.54) is 19.1 Å². The normalized spacial score (nSPS) is 27.6. The number of halogens is 2. The van der Waals surface area contributed by atoms with E-state index in [1.807, 2.05) is 23.1 Å². The third-order valence-corrected chi connectivity index (χ3v) is 10.3. The fraction of sp³-hybridized carbons (Fsp3) is 0.543. The Balaban J connectivity index is 1.14. The molecule has 2 amide bonds. The number of nitrogens with zero attached hydrogens (tertiary/aromatic N) is 2. The summed E-state index contributed by atoms with van der Waals surface area (Å²) >= 11 is 13.3. The molecule has 8 nitrogen and oxygen atoms in total. The van der Waals surface area contributed by atoms with Crippen molar-refractivity contribution in [2.45, 2.75) is 89.7 Å². The molecule has 2 aliphatic heterocycles. The van der Waals surface area contributed by atoms with E-state index in [0.717, 1.165) is 38.3 Å². The molecule has 0 unspecified atom stereocenters. The fourth-order valence-corrected chi connectivity index (χ4v) is 7.67. The van der Waals surface area contributed by atoms with Crippen LogP contribution in [0.3, 0.4) is 0 Å². The highest BCUT2D eigenvalue weighted by Gasteiger charge is 2.40. The zero-order valence-corrected chi connectivity index (χ0v) is 27.8. The summed E-state index contributed by atoms with van der Waals surface area (Å²) in [7, 11) is 0. The smallest absolute Gasteiger partial charge is 0.259 e. The van der Waals surface area contributed by atoms with Crippen molar-refractivity contribution in [1.29, 1.82) is 0 Å². The van der Waals surface area contributed by atoms with E-state index in [-0.39, 0.29) is 48.6 Å². The van der Waals surface area contributed by atoms with E-state index in [2.05, 4.69) is 31.0 Å². The number of furan rings is 1. The van der Waals surface area contributed by atoms with Gasteiger partial charge in [-0.15, -0.1) is 0 Å². The minimum Gasteiger partial charge on any atom is -0.463 e. The van der Waals surface area contributed by atoms with Crippen molar-refractivity contribution in [3.63, 3.8) is 0 Å². The van der Waals surface area contributed by atoms with Gasteiger partial charge in [0.05, 0.1) is 53.7 Å². The van der Waals surface area contributed by atoms with E-state index in [4.69, 9.17) is 37.1 Å². The number of hydrogen-bond donors (Lipinski definition) is 1. The summed E-state index contributed by atoms with van der Waals surface area (Å²) in [5.41, 5.74) is 2.02. The number of carbonyl (C=O) groups excluding carboxylic acids is 2. The van der Waals surface area contributed by atoms with Crippen LogP contribution in [0, 0.1) is 5.92 Å². The van der Waals surface area contributed by atoms with Crippen LogP contribution in [0.2, 0.25) is 10.0 Å². The Kier molecular flexibility index (Phi) is 10.1. The molecular formula is C35H43Cl2N3O5. The largest absolute Gasteiger partial charge is 0.463 e. The third kappa shape index (κ3) is 7.52. The number of fused-ring (bicyclic) bond motifs is 1. The van der Waals surface area contributed by atoms with Gasteiger partial charge >= 0.3 is 0 Å². The zero-order chi connectivity index (χ0) is 31.7. The average Bonchev–Trinajstić information content (AvgIpc) is 3.64. The molecular weight excluding hydrogens is 613 g/mol. The summed E-state index contributed by atoms with van der Waals surface area (Å²) in [6.07, 6.45) is 7.53. The number of anilines is 1. The lowest BCUT2D eigenvalue weighted by Gasteiger charge is -2.38. The van der Waals surface area contributed by atoms with Crippen LogP contribution in [0.4, 0.5) is 5.69 Å². The van der Waals surface area contributed by atoms with Crippen molar-refractivity contribution in [2.75, 3.05) is 31.6 Å². The van der Waals surface area contributed by atoms with Crippen molar-refractivity contribution >= 4 is 51.7 Å². The molecule has 6 rings (SSSR count). The third-order valence-electron chi connectivity index (χ3n) is 9.62. The Morgan fingerprint density at radius 3 is 2.47 bits per heavy atom. The van der Waals surface area contributed by atoms with Crippen LogP contribution in [0.25, 0.3) is 11.0 Å². The second-order valence-corrected chi connectivity index (χ2v) is 14.0. The van der Waals surface area contributed by atoms with Gasteiger partial charge in [0.15, 0.2) is 0 Å². The standard InChI is InChI=1S/C35H43Cl2N3O5/c1-21-8-10-27(11-9-21)43-19-26-14-25(39-16-22(2)45-23(3)17-39)18-40(26)34(41)13-24-12-31(37)32(15-30(24)36)38-35(42)29-20-44-33-7-5-4-6-28(29)33/h4-7,12,15,20-23,25-27H,8-11,13-14,16-19H2,1-3H3,(H,38,42)/t21?,22-,23+,25-,26-,27?/m0/s1. The quantitative estimate of drug-likeness (QED) is 0.276. The van der Waals surface area contributed by atoms with Crippen molar-refractivity contribution in [1.82, 2.24) is 9.80 Å². The first-order valence-electron chi connectivity index (χ1n) is 16.2. The number of morpholine rings is 1. The maximum absolute atomic E-state index is 13.9. The highest BCUT2D eigenvalue weighted by atomic mass is 35.5. The molecule has 0 radical (unpaired) electrons. The first-order chi connectivity index (χ1) is 21.6. The van der Waals surface area contributed by atoms with E-state index in [9.17, 15) is 9.59 Å². The van der Waals surface area contributed by atoms with Gasteiger partial charge in [-0.2, -0.15) is 0 Å². The van der Waals surface area contributed by atoms with Crippen LogP contribution in [-0.2, 0) is 20.7 Å². The maximum Gasteiger partial charge on any atom is 0.259 e. The predicted octanol–water partition coefficient (Wildman–Crippen LogP) is 7.21. The lowest BCUT2D eigenvalue weighted by molar-refractivity contribution is -0.133. The number of ether oxygens (including phenoxy) is 2. The molecule has 242 valence electrons. The number of carbonyl (C=O) groups is 2. The van der Waals surface area contributed by atoms with E-state index >= 15 is 0 Å². The van der Waals surface area contributed by atoms with E-state index in [0.29, 0.717) is 51.0 Å². The Hall–Kier alpha value is -2.62. The second kappa shape index (κ2) is 14.0. The summed E-state index contributed by atoms with van der Waals surface area (Å²) in [5, 5.41) is 4.24. The first kappa shape index (κ1) is 32.3. The summed E-state index contributed by atoms with van der Waals surface area (Å²) in [6, 6.07) is 10.9. The molecule has 1 saturated carbocycles. The SMILES string of the molecule is CC1CCC(OC[C@@H]2C[C@H](N3C[C@@H](C)O[C@@H](C)C3)CN2C(=O)Cc2cc(Cl)c(NC(=O)c3coc4ccccc34)cc2Cl)CC1. The zero-order valence-electron chi connectivity index (χ0n) is 26.3. The van der Waals surface area contributed by atoms with Crippen molar-refractivity contribution in [3.05, 3.63) is 63.8 Å². The number of rotatable bonds is 8. The summed E-state index contributed by atoms with van der Waals surface area (Å²) in [6.45, 7) is 9.43. The fourth-order valence-electron chi connectivity index (χ4n) is 7.21. The van der Waals surface area contributed by atoms with Crippen molar-refractivity contribution in [2.24, 2.45) is 5.92 Å². The van der Waals surface area contributed by atoms with Gasteiger partial charge in [0.2, 0.25) is 5.91 Å². The number of amides is 2. The van der Waals surface area contributed by atoms with Gasteiger partial charge in [0.25, 0.3) is 5.91 Å². The molecule has 45 heavy (non-hydrogen) atoms. The van der Waals surface area contributed by atoms with Crippen LogP contribution >= 0.6 is 23.2 Å². The lowest BCUT2D eigenvalue weighted by atomic mass is 9.89. The Morgan fingerprint density at radius 1 is 0.978 bits per heavy atom. The number of likely N-dealkylation sites (tertiary alicyclic amines) is 1. The Morgan fingerprint density at radius 2 is 1.71 bits per heavy atom. The average molecular weight is 657 g/mol. The van der Waals surface area contributed by atoms with Crippen LogP contribution < -0.4 is 5.32 Å². The molecule has 3 aliphatic rings. The van der Waals surface area contributed by atoms with Crippen LogP contribution in [0.15, 0.2) is 47.1 Å². The summed E-state index contributed by atoms with van der Waals surface area (Å²) in [4.78, 5) is 31.5. The molecule has 10 heteroatoms. The molecule has 3 aromatic rings. The van der Waals surface area contributed by atoms with Gasteiger partial charge in [-0.05, 0) is 75.6 Å². The van der Waals surface area contributed by atoms with Crippen LogP contribution in [0.5, 0.6) is 0 Å². The van der Waals surface area contributed by atoms with E-state index < -0.39 is 0 Å². The summed E-state index contributed by atoms with van der Waals surface area (Å²) in [5.74, 6) is 0.398. The molecule has 0 bridgehead atoms. The minimum absolute atomic E-state index is 0.00246. The Labute approximate surface area is 275 Å². The van der Waals surface area contributed by atoms with Crippen molar-refractivity contribution < 1.29 is 23.5 Å². The molecule has 1 aromatic heterocycles. The molecule has 2 saturated heterocycles. The molecule has 0 spiro atoms. The lowest BCUT2D eigenvalue weighted by Crippen LogP contribution is -2.51. The molecule has 4 atom stereocenters. The predicted molar refractivity (Wildman–Crippen MR) is 177 cm³/mol. The highest BCUT2D eigenvalue weighted by molar-refractivity contribution is 6.36. The maximum atomic E-state index is 13.9. The van der Waals surface area contributed by atoms with Crippen LogP contribution in [0.1, 0.15) is 68.8 Å². The first-order valence-corrected chi connectivity index (χ1v) is 17.0. The van der Waals surface area contributed by atoms with Gasteiger partial charge in [-0.1, -0.05) is 48.3 Å². The highest BCUT2D eigenvalue weighted by Crippen LogP contribution is 2.33. The molecule has 1 N–H and O–H groups in total. The van der Waals surface area contributed by atoms with Gasteiger partial charge in [-0.3, -0.25) is 14.5 Å². The molecule has 1 aliphatic carbocycles. The van der Waals surface area contributed by atoms with Gasteiger partial charge in [0.1, 0.15) is 11.8 Å². The Bertz CT molecular complexity index is 1510. The van der Waals surface area contributed by atoms with Gasteiger partial charge in [-0.25, -0.2) is 0 Å². The molecule has 2 aromatic carbocycles. The second-order valence-electron chi connectivity index (χ2n) is 13.2. The minimum atomic E-state index is -0.355. The van der Waals surface area contributed by atoms with Gasteiger partial charge < -0.3 is 24.1 Å². The summed E-state index contributed by atoms with van der Waals surface area (Å²) < 4.78 is 17.9.